The van der Waals surface area contributed by atoms with Crippen LogP contribution >= 0.6 is 0 Å². The number of aldehydes is 1. The van der Waals surface area contributed by atoms with Crippen LogP contribution in [0.1, 0.15) is 0 Å². The zero-order chi connectivity index (χ0) is 17.7. The van der Waals surface area contributed by atoms with Gasteiger partial charge < -0.3 is 55.7 Å². The average Bonchev–Trinajstić information content (AvgIpc) is 2.57. The molecule has 0 spiro atoms. The summed E-state index contributed by atoms with van der Waals surface area (Å²) in [5.41, 5.74) is 5.33. The van der Waals surface area contributed by atoms with E-state index < -0.39 is 68.3 Å². The number of hydrogen-bond donors (Lipinski definition) is 8. The van der Waals surface area contributed by atoms with Gasteiger partial charge in [-0.25, -0.2) is 0 Å². The SMILES string of the molecule is N[C@H](C=O)[C@@H](O)[C@H](O[C@@H]1O[C@H](CO)[C@H](O)[C@H](O)[C@H]1O)[C@H](O)CO. The van der Waals surface area contributed by atoms with Crippen molar-refractivity contribution < 1.29 is 50.0 Å². The molecule has 1 rings (SSSR count). The molecule has 23 heavy (non-hydrogen) atoms. The lowest BCUT2D eigenvalue weighted by atomic mass is 9.98. The summed E-state index contributed by atoms with van der Waals surface area (Å²) in [6.07, 6.45) is -12.9. The van der Waals surface area contributed by atoms with Gasteiger partial charge in [0.15, 0.2) is 6.29 Å². The van der Waals surface area contributed by atoms with Crippen LogP contribution in [0.5, 0.6) is 0 Å². The maximum Gasteiger partial charge on any atom is 0.187 e. The van der Waals surface area contributed by atoms with Gasteiger partial charge in [0.05, 0.1) is 19.3 Å². The predicted molar refractivity (Wildman–Crippen MR) is 71.8 cm³/mol. The predicted octanol–water partition coefficient (Wildman–Crippen LogP) is -5.59. The number of aliphatic hydroxyl groups is 7. The van der Waals surface area contributed by atoms with Crippen molar-refractivity contribution in [3.8, 4) is 0 Å². The molecule has 9 N–H and O–H groups in total. The molecule has 0 radical (unpaired) electrons. The summed E-state index contributed by atoms with van der Waals surface area (Å²) >= 11 is 0. The summed E-state index contributed by atoms with van der Waals surface area (Å²) in [4.78, 5) is 10.6. The fraction of sp³-hybridized carbons (Fsp3) is 0.917. The Morgan fingerprint density at radius 1 is 1.13 bits per heavy atom. The molecule has 0 saturated carbocycles. The van der Waals surface area contributed by atoms with Gasteiger partial charge in [0.25, 0.3) is 0 Å². The first-order valence-corrected chi connectivity index (χ1v) is 6.92. The van der Waals surface area contributed by atoms with Crippen LogP contribution in [0.2, 0.25) is 0 Å². The van der Waals surface area contributed by atoms with Crippen LogP contribution in [0, 0.1) is 0 Å². The summed E-state index contributed by atoms with van der Waals surface area (Å²) in [5, 5.41) is 66.8. The molecule has 1 fully saturated rings. The largest absolute Gasteiger partial charge is 0.394 e. The van der Waals surface area contributed by atoms with Gasteiger partial charge in [-0.2, -0.15) is 0 Å². The number of ether oxygens (including phenoxy) is 2. The third kappa shape index (κ3) is 4.64. The van der Waals surface area contributed by atoms with Crippen LogP contribution in [0.3, 0.4) is 0 Å². The standard InChI is InChI=1S/C12H23NO10/c13-4(1-14)7(18)11(5(17)2-15)23-12-10(21)9(20)8(19)6(3-16)22-12/h1,4-12,15-21H,2-3,13H2/t4-,5-,6-,7-,8+,9+,10-,11-,12+/m1/s1. The lowest BCUT2D eigenvalue weighted by molar-refractivity contribution is -0.324. The molecule has 136 valence electrons. The third-order valence-electron chi connectivity index (χ3n) is 3.59. The van der Waals surface area contributed by atoms with Crippen LogP contribution in [-0.2, 0) is 14.3 Å². The van der Waals surface area contributed by atoms with Crippen molar-refractivity contribution in [3.05, 3.63) is 0 Å². The number of nitrogens with two attached hydrogens (primary N) is 1. The van der Waals surface area contributed by atoms with E-state index in [9.17, 15) is 30.3 Å². The van der Waals surface area contributed by atoms with Crippen molar-refractivity contribution in [1.82, 2.24) is 0 Å². The molecule has 1 saturated heterocycles. The fourth-order valence-corrected chi connectivity index (χ4v) is 2.14. The van der Waals surface area contributed by atoms with E-state index in [4.69, 9.17) is 25.4 Å². The van der Waals surface area contributed by atoms with E-state index in [0.29, 0.717) is 0 Å². The molecule has 0 aromatic rings. The van der Waals surface area contributed by atoms with Crippen molar-refractivity contribution in [2.24, 2.45) is 5.73 Å². The summed E-state index contributed by atoms with van der Waals surface area (Å²) in [5.74, 6) is 0. The number of carbonyl (C=O) groups is 1. The van der Waals surface area contributed by atoms with Gasteiger partial charge in [-0.3, -0.25) is 0 Å². The van der Waals surface area contributed by atoms with Crippen LogP contribution in [0.4, 0.5) is 0 Å². The number of rotatable bonds is 8. The maximum atomic E-state index is 10.6. The molecular weight excluding hydrogens is 318 g/mol. The summed E-state index contributed by atoms with van der Waals surface area (Å²) < 4.78 is 10.2. The Labute approximate surface area is 131 Å². The highest BCUT2D eigenvalue weighted by Gasteiger charge is 2.46. The first-order chi connectivity index (χ1) is 10.8. The normalized spacial score (nSPS) is 37.0. The molecule has 0 aromatic carbocycles. The maximum absolute atomic E-state index is 10.6. The van der Waals surface area contributed by atoms with Crippen LogP contribution < -0.4 is 5.73 Å². The second kappa shape index (κ2) is 8.94. The smallest absolute Gasteiger partial charge is 0.187 e. The van der Waals surface area contributed by atoms with Crippen LogP contribution in [0.15, 0.2) is 0 Å². The van der Waals surface area contributed by atoms with E-state index in [2.05, 4.69) is 0 Å². The number of carbonyl (C=O) groups excluding carboxylic acids is 1. The fourth-order valence-electron chi connectivity index (χ4n) is 2.14. The molecule has 0 aliphatic carbocycles. The van der Waals surface area contributed by atoms with Crippen LogP contribution in [-0.4, -0.2) is 110 Å². The number of hydrogen-bond acceptors (Lipinski definition) is 11. The van der Waals surface area contributed by atoms with Crippen LogP contribution in [0.25, 0.3) is 0 Å². The van der Waals surface area contributed by atoms with Gasteiger partial charge in [0.2, 0.25) is 0 Å². The Hall–Kier alpha value is -0.730. The van der Waals surface area contributed by atoms with Gasteiger partial charge in [0, 0.05) is 0 Å². The zero-order valence-corrected chi connectivity index (χ0v) is 12.1. The zero-order valence-electron chi connectivity index (χ0n) is 12.1. The molecule has 0 aromatic heterocycles. The number of aliphatic hydroxyl groups excluding tert-OH is 7. The minimum absolute atomic E-state index is 0.193. The Kier molecular flexibility index (Phi) is 7.89. The summed E-state index contributed by atoms with van der Waals surface area (Å²) in [6.45, 7) is -1.56. The van der Waals surface area contributed by atoms with E-state index in [1.807, 2.05) is 0 Å². The first-order valence-electron chi connectivity index (χ1n) is 6.92. The first kappa shape index (κ1) is 20.3. The molecule has 0 unspecified atom stereocenters. The van der Waals surface area contributed by atoms with E-state index >= 15 is 0 Å². The second-order valence-electron chi connectivity index (χ2n) is 5.25. The lowest BCUT2D eigenvalue weighted by Gasteiger charge is -2.42. The van der Waals surface area contributed by atoms with E-state index in [0.717, 1.165) is 0 Å². The monoisotopic (exact) mass is 341 g/mol. The summed E-state index contributed by atoms with van der Waals surface area (Å²) in [7, 11) is 0. The molecule has 1 aliphatic rings. The van der Waals surface area contributed by atoms with E-state index in [1.165, 1.54) is 0 Å². The van der Waals surface area contributed by atoms with E-state index in [1.54, 1.807) is 0 Å². The molecule has 11 nitrogen and oxygen atoms in total. The highest BCUT2D eigenvalue weighted by molar-refractivity contribution is 5.58. The van der Waals surface area contributed by atoms with Gasteiger partial charge >= 0.3 is 0 Å². The average molecular weight is 341 g/mol. The van der Waals surface area contributed by atoms with E-state index in [-0.39, 0.29) is 6.29 Å². The molecule has 9 atom stereocenters. The van der Waals surface area contributed by atoms with Gasteiger partial charge in [-0.1, -0.05) is 0 Å². The van der Waals surface area contributed by atoms with Gasteiger partial charge in [0.1, 0.15) is 49.0 Å². The van der Waals surface area contributed by atoms with Crippen molar-refractivity contribution in [2.45, 2.75) is 55.1 Å². The topological polar surface area (TPSA) is 203 Å². The Bertz CT molecular complexity index is 370. The third-order valence-corrected chi connectivity index (χ3v) is 3.59. The van der Waals surface area contributed by atoms with Crippen molar-refractivity contribution in [1.29, 1.82) is 0 Å². The van der Waals surface area contributed by atoms with Crippen molar-refractivity contribution >= 4 is 6.29 Å². The molecule has 11 heteroatoms. The lowest BCUT2D eigenvalue weighted by Crippen LogP contribution is -2.62. The molecular formula is C12H23NO10. The van der Waals surface area contributed by atoms with Crippen molar-refractivity contribution in [2.75, 3.05) is 13.2 Å². The minimum Gasteiger partial charge on any atom is -0.394 e. The quantitative estimate of drug-likeness (QED) is 0.195. The Balaban J connectivity index is 2.91. The Morgan fingerprint density at radius 3 is 2.22 bits per heavy atom. The highest BCUT2D eigenvalue weighted by Crippen LogP contribution is 2.24. The van der Waals surface area contributed by atoms with Gasteiger partial charge in [-0.15, -0.1) is 0 Å². The molecule has 1 aliphatic heterocycles. The highest BCUT2D eigenvalue weighted by atomic mass is 16.7. The van der Waals surface area contributed by atoms with Gasteiger partial charge in [-0.05, 0) is 0 Å². The second-order valence-corrected chi connectivity index (χ2v) is 5.25. The summed E-state index contributed by atoms with van der Waals surface area (Å²) in [6, 6.07) is -1.45. The molecule has 1 heterocycles. The van der Waals surface area contributed by atoms with Crippen molar-refractivity contribution in [3.63, 3.8) is 0 Å². The minimum atomic E-state index is -1.78. The molecule has 0 amide bonds. The Morgan fingerprint density at radius 2 is 1.74 bits per heavy atom. The molecule has 0 bridgehead atoms.